The third-order valence-corrected chi connectivity index (χ3v) is 3.95. The predicted molar refractivity (Wildman–Crippen MR) is 55.7 cm³/mol. The van der Waals surface area contributed by atoms with Gasteiger partial charge in [0.25, 0.3) is 0 Å². The maximum absolute atomic E-state index is 12.4. The van der Waals surface area contributed by atoms with E-state index in [2.05, 4.69) is 10.3 Å². The monoisotopic (exact) mass is 359 g/mol. The number of rotatable bonds is 3. The van der Waals surface area contributed by atoms with Gasteiger partial charge in [0, 0.05) is 0 Å². The molecule has 0 aliphatic carbocycles. The van der Waals surface area contributed by atoms with E-state index in [1.54, 1.807) is 6.07 Å². The van der Waals surface area contributed by atoms with Crippen LogP contribution in [0.15, 0.2) is 18.2 Å². The van der Waals surface area contributed by atoms with Gasteiger partial charge in [0.1, 0.15) is 0 Å². The molecule has 0 aliphatic rings. The number of hydrogen-bond donors (Lipinski definition) is 1. The molecule has 0 amide bonds. The van der Waals surface area contributed by atoms with E-state index in [1.165, 1.54) is 6.07 Å². The van der Waals surface area contributed by atoms with Crippen molar-refractivity contribution in [2.75, 3.05) is 4.55 Å². The van der Waals surface area contributed by atoms with Gasteiger partial charge >= 0.3 is 109 Å². The normalized spacial score (nSPS) is 13.1. The third-order valence-electron chi connectivity index (χ3n) is 1.81. The van der Waals surface area contributed by atoms with E-state index in [9.17, 15) is 13.2 Å². The Morgan fingerprint density at radius 1 is 1.24 bits per heavy atom. The van der Waals surface area contributed by atoms with Gasteiger partial charge in [-0.25, -0.2) is 0 Å². The molecular weight excluding hydrogens is 344 g/mol. The van der Waals surface area contributed by atoms with E-state index in [0.29, 0.717) is 3.70 Å². The van der Waals surface area contributed by atoms with Crippen molar-refractivity contribution in [3.05, 3.63) is 27.6 Å². The van der Waals surface area contributed by atoms with Gasteiger partial charge in [0.2, 0.25) is 0 Å². The minimum absolute atomic E-state index is 0.0125. The van der Waals surface area contributed by atoms with Gasteiger partial charge in [0.05, 0.1) is 0 Å². The van der Waals surface area contributed by atoms with Crippen molar-refractivity contribution >= 4 is 0 Å². The van der Waals surface area contributed by atoms with Gasteiger partial charge in [-0.2, -0.15) is 0 Å². The van der Waals surface area contributed by atoms with Crippen LogP contribution in [0.5, 0.6) is 0 Å². The molecule has 1 aromatic rings. The van der Waals surface area contributed by atoms with Crippen LogP contribution in [0.2, 0.25) is 0 Å². The van der Waals surface area contributed by atoms with Gasteiger partial charge in [-0.3, -0.25) is 0 Å². The summed E-state index contributed by atoms with van der Waals surface area (Å²) in [7, 11) is 0. The van der Waals surface area contributed by atoms with E-state index in [1.807, 2.05) is 20.8 Å². The zero-order valence-electron chi connectivity index (χ0n) is 9.90. The molecule has 0 fully saturated rings. The first-order valence-corrected chi connectivity index (χ1v) is 7.67. The molecule has 0 aliphatic heterocycles. The number of hydrogen-bond acceptors (Lipinski definition) is 2. The Hall–Kier alpha value is -0.370. The fourth-order valence-corrected chi connectivity index (χ4v) is 3.56. The first kappa shape index (κ1) is 14.7. The van der Waals surface area contributed by atoms with Crippen molar-refractivity contribution in [2.24, 2.45) is 0 Å². The molecule has 2 nitrogen and oxygen atoms in total. The van der Waals surface area contributed by atoms with Crippen molar-refractivity contribution in [3.63, 3.8) is 0 Å². The predicted octanol–water partition coefficient (Wildman–Crippen LogP) is -0.295. The number of alkyl halides is 4. The Labute approximate surface area is 109 Å². The second kappa shape index (κ2) is 5.51. The first-order valence-electron chi connectivity index (χ1n) is 5.07. The molecule has 0 saturated heterocycles. The molecule has 98 valence electrons. The minimum atomic E-state index is -4.35. The summed E-state index contributed by atoms with van der Waals surface area (Å²) in [5, 5.41) is 3.26. The van der Waals surface area contributed by atoms with Crippen LogP contribution >= 0.6 is 0 Å². The third kappa shape index (κ3) is 5.67. The summed E-state index contributed by atoms with van der Waals surface area (Å²) in [6, 6.07) is 4.08. The number of nitrogens with one attached hydrogen (secondary N) is 1. The molecule has 0 aromatic carbocycles. The van der Waals surface area contributed by atoms with Crippen molar-refractivity contribution in [1.29, 1.82) is 0 Å². The van der Waals surface area contributed by atoms with E-state index >= 15 is 0 Å². The van der Waals surface area contributed by atoms with Crippen LogP contribution in [-0.4, -0.2) is 15.1 Å². The van der Waals surface area contributed by atoms with Crippen LogP contribution in [-0.2, 0) is 6.18 Å². The zero-order valence-corrected chi connectivity index (χ0v) is 12.1. The van der Waals surface area contributed by atoms with Gasteiger partial charge < -0.3 is 0 Å². The van der Waals surface area contributed by atoms with Crippen molar-refractivity contribution in [1.82, 2.24) is 10.3 Å². The van der Waals surface area contributed by atoms with Crippen LogP contribution in [0.25, 0.3) is 0 Å². The molecular formula is C11H15F3IN2-. The summed E-state index contributed by atoms with van der Waals surface area (Å²) in [4.78, 5) is 3.65. The molecule has 1 rings (SSSR count). The van der Waals surface area contributed by atoms with Crippen LogP contribution in [0, 0.1) is 3.70 Å². The Morgan fingerprint density at radius 3 is 2.41 bits per heavy atom. The van der Waals surface area contributed by atoms with Gasteiger partial charge in [-0.05, 0) is 0 Å². The summed E-state index contributed by atoms with van der Waals surface area (Å²) in [6.07, 6.45) is -4.35. The van der Waals surface area contributed by atoms with Crippen LogP contribution in [0.1, 0.15) is 26.5 Å². The molecule has 17 heavy (non-hydrogen) atoms. The van der Waals surface area contributed by atoms with Crippen LogP contribution in [0.3, 0.4) is 0 Å². The van der Waals surface area contributed by atoms with E-state index in [0.717, 1.165) is 10.6 Å². The van der Waals surface area contributed by atoms with Crippen molar-refractivity contribution < 1.29 is 34.4 Å². The molecule has 0 atom stereocenters. The van der Waals surface area contributed by atoms with E-state index < -0.39 is 33.1 Å². The molecule has 0 saturated carbocycles. The summed E-state index contributed by atoms with van der Waals surface area (Å²) in [5.74, 6) is 0. The second-order valence-electron chi connectivity index (χ2n) is 4.54. The molecule has 1 heterocycles. The summed E-state index contributed by atoms with van der Waals surface area (Å²) < 4.78 is 38.5. The second-order valence-corrected chi connectivity index (χ2v) is 7.17. The molecule has 0 radical (unpaired) electrons. The Morgan fingerprint density at radius 2 is 1.88 bits per heavy atom. The van der Waals surface area contributed by atoms with Crippen LogP contribution in [0.4, 0.5) is 13.2 Å². The van der Waals surface area contributed by atoms with Gasteiger partial charge in [-0.1, -0.05) is 0 Å². The Balaban J connectivity index is 2.61. The maximum atomic E-state index is 12.4. The number of pyridine rings is 1. The fraction of sp³-hybridized carbons (Fsp3) is 0.545. The first-order chi connectivity index (χ1) is 7.68. The average molecular weight is 359 g/mol. The van der Waals surface area contributed by atoms with E-state index in [-0.39, 0.29) is 5.54 Å². The Kier molecular flexibility index (Phi) is 4.77. The molecule has 0 spiro atoms. The molecule has 6 heteroatoms. The molecule has 0 bridgehead atoms. The fourth-order valence-electron chi connectivity index (χ4n) is 0.943. The summed E-state index contributed by atoms with van der Waals surface area (Å²) in [5.41, 5.74) is -0.813. The van der Waals surface area contributed by atoms with Crippen molar-refractivity contribution in [3.8, 4) is 0 Å². The number of nitrogens with zero attached hydrogens (tertiary/aromatic N) is 1. The SMILES string of the molecule is CC(C)(C)NC[I-]c1cccc(C(F)(F)F)n1. The number of aromatic nitrogens is 1. The van der Waals surface area contributed by atoms with Gasteiger partial charge in [0.15, 0.2) is 0 Å². The zero-order chi connectivity index (χ0) is 13.1. The number of halogens is 4. The topological polar surface area (TPSA) is 24.9 Å². The molecule has 1 N–H and O–H groups in total. The summed E-state index contributed by atoms with van der Waals surface area (Å²) >= 11 is -0.527. The van der Waals surface area contributed by atoms with Crippen LogP contribution < -0.4 is 26.5 Å². The van der Waals surface area contributed by atoms with E-state index in [4.69, 9.17) is 0 Å². The molecule has 0 unspecified atom stereocenters. The van der Waals surface area contributed by atoms with Crippen molar-refractivity contribution in [2.45, 2.75) is 32.5 Å². The molecule has 1 aromatic heterocycles. The summed E-state index contributed by atoms with van der Waals surface area (Å²) in [6.45, 7) is 6.07. The average Bonchev–Trinajstić information content (AvgIpc) is 2.15. The Bertz CT molecular complexity index is 372. The quantitative estimate of drug-likeness (QED) is 0.347. The standard InChI is InChI=1S/C11H15F3IN2/c1-10(2,3)16-7-15-9-6-4-5-8(17-9)11(12,13)14/h4-6,16H,7H2,1-3H3/q-1. The van der Waals surface area contributed by atoms with Gasteiger partial charge in [-0.15, -0.1) is 0 Å².